The average Bonchev–Trinajstić information content (AvgIpc) is 2.51. The molecule has 2 heterocycles. The van der Waals surface area contributed by atoms with Crippen molar-refractivity contribution in [1.29, 1.82) is 0 Å². The van der Waals surface area contributed by atoms with E-state index >= 15 is 0 Å². The van der Waals surface area contributed by atoms with Gasteiger partial charge in [-0.1, -0.05) is 11.6 Å². The molecule has 0 amide bonds. The monoisotopic (exact) mass is 320 g/mol. The SMILES string of the molecule is C1CC[NH2+]CC1.C1CC[NH2+]CC1.O=C([O-])/C=C(\Cl)C(=O)[O-]. The molecule has 0 aromatic carbocycles. The summed E-state index contributed by atoms with van der Waals surface area (Å²) < 4.78 is 0. The van der Waals surface area contributed by atoms with E-state index in [1.807, 2.05) is 0 Å². The van der Waals surface area contributed by atoms with E-state index < -0.39 is 17.0 Å². The van der Waals surface area contributed by atoms with E-state index in [-0.39, 0.29) is 6.08 Å². The molecule has 0 bridgehead atoms. The first kappa shape index (κ1) is 19.9. The van der Waals surface area contributed by atoms with Crippen molar-refractivity contribution in [2.24, 2.45) is 0 Å². The number of carboxylic acids is 2. The molecular weight excluding hydrogens is 296 g/mol. The van der Waals surface area contributed by atoms with Crippen LogP contribution in [0.25, 0.3) is 0 Å². The summed E-state index contributed by atoms with van der Waals surface area (Å²) in [6.45, 7) is 5.50. The predicted molar refractivity (Wildman–Crippen MR) is 75.0 cm³/mol. The van der Waals surface area contributed by atoms with E-state index in [1.165, 1.54) is 64.7 Å². The Hall–Kier alpha value is -1.11. The zero-order valence-electron chi connectivity index (χ0n) is 12.3. The molecule has 122 valence electrons. The summed E-state index contributed by atoms with van der Waals surface area (Å²) in [5.41, 5.74) is 0. The first-order valence-electron chi connectivity index (χ1n) is 7.47. The molecule has 4 N–H and O–H groups in total. The van der Waals surface area contributed by atoms with Gasteiger partial charge in [0, 0.05) is 0 Å². The summed E-state index contributed by atoms with van der Waals surface area (Å²) in [5, 5.41) is 23.1. The first-order valence-corrected chi connectivity index (χ1v) is 7.84. The number of carbonyl (C=O) groups is 2. The van der Waals surface area contributed by atoms with E-state index in [0.29, 0.717) is 0 Å². The third-order valence-electron chi connectivity index (χ3n) is 3.07. The fourth-order valence-electron chi connectivity index (χ4n) is 1.96. The number of rotatable bonds is 2. The molecule has 2 saturated heterocycles. The zero-order chi connectivity index (χ0) is 15.9. The second-order valence-electron chi connectivity index (χ2n) is 4.95. The lowest BCUT2D eigenvalue weighted by Gasteiger charge is -2.05. The quantitative estimate of drug-likeness (QED) is 0.530. The van der Waals surface area contributed by atoms with Gasteiger partial charge in [0.15, 0.2) is 0 Å². The van der Waals surface area contributed by atoms with Crippen molar-refractivity contribution < 1.29 is 30.4 Å². The lowest BCUT2D eigenvalue weighted by molar-refractivity contribution is -0.662. The van der Waals surface area contributed by atoms with Gasteiger partial charge in [-0.2, -0.15) is 0 Å². The fourth-order valence-corrected chi connectivity index (χ4v) is 2.05. The van der Waals surface area contributed by atoms with E-state index in [9.17, 15) is 19.8 Å². The molecule has 0 radical (unpaired) electrons. The van der Waals surface area contributed by atoms with Crippen molar-refractivity contribution >= 4 is 23.5 Å². The minimum atomic E-state index is -1.74. The number of aliphatic carboxylic acids is 2. The van der Waals surface area contributed by atoms with E-state index in [0.717, 1.165) is 0 Å². The van der Waals surface area contributed by atoms with Crippen LogP contribution in [0.2, 0.25) is 0 Å². The summed E-state index contributed by atoms with van der Waals surface area (Å²) in [6, 6.07) is 0. The van der Waals surface area contributed by atoms with Gasteiger partial charge in [0.05, 0.1) is 43.1 Å². The topological polar surface area (TPSA) is 113 Å². The highest BCUT2D eigenvalue weighted by atomic mass is 35.5. The molecule has 2 fully saturated rings. The normalized spacial score (nSPS) is 18.4. The second-order valence-corrected chi connectivity index (χ2v) is 5.36. The van der Waals surface area contributed by atoms with Crippen LogP contribution in [0.5, 0.6) is 0 Å². The van der Waals surface area contributed by atoms with Gasteiger partial charge in [0.1, 0.15) is 0 Å². The van der Waals surface area contributed by atoms with Crippen molar-refractivity contribution in [3.63, 3.8) is 0 Å². The van der Waals surface area contributed by atoms with Crippen molar-refractivity contribution in [1.82, 2.24) is 0 Å². The number of carbonyl (C=O) groups excluding carboxylic acids is 2. The number of quaternary nitrogens is 2. The molecule has 0 unspecified atom stereocenters. The largest absolute Gasteiger partial charge is 0.545 e. The molecule has 2 aliphatic heterocycles. The highest BCUT2D eigenvalue weighted by Crippen LogP contribution is 1.96. The third-order valence-corrected chi connectivity index (χ3v) is 3.34. The van der Waals surface area contributed by atoms with Gasteiger partial charge in [-0.25, -0.2) is 0 Å². The number of hydrogen-bond donors (Lipinski definition) is 2. The smallest absolute Gasteiger partial charge is 0.0830 e. The van der Waals surface area contributed by atoms with Crippen molar-refractivity contribution in [3.05, 3.63) is 11.1 Å². The Morgan fingerprint density at radius 1 is 0.810 bits per heavy atom. The second kappa shape index (κ2) is 13.9. The standard InChI is InChI=1S/2C5H11N.C4H3ClO4/c2*1-2-4-6-5-3-1;5-2(4(8)9)1-3(6)7/h2*6H,1-5H2;1H,(H,6,7)(H,8,9)/b;;2-1-. The number of carboxylic acid groups (broad SMARTS) is 2. The molecule has 2 rings (SSSR count). The van der Waals surface area contributed by atoms with Crippen molar-refractivity contribution in [3.8, 4) is 0 Å². The number of nitrogens with two attached hydrogens (primary N) is 2. The van der Waals surface area contributed by atoms with Crippen LogP contribution in [0.1, 0.15) is 38.5 Å². The molecule has 2 aliphatic rings. The van der Waals surface area contributed by atoms with Crippen molar-refractivity contribution in [2.45, 2.75) is 38.5 Å². The molecular formula is C14H25ClN2O4. The van der Waals surface area contributed by atoms with Crippen LogP contribution >= 0.6 is 11.6 Å². The highest BCUT2D eigenvalue weighted by Gasteiger charge is 1.98. The number of halogens is 1. The molecule has 0 aliphatic carbocycles. The minimum absolute atomic E-state index is 0.233. The maximum atomic E-state index is 9.63. The van der Waals surface area contributed by atoms with Gasteiger partial charge in [0.25, 0.3) is 0 Å². The lowest BCUT2D eigenvalue weighted by Crippen LogP contribution is -2.85. The fraction of sp³-hybridized carbons (Fsp3) is 0.714. The summed E-state index contributed by atoms with van der Waals surface area (Å²) in [5.74, 6) is -3.40. The van der Waals surface area contributed by atoms with Gasteiger partial charge >= 0.3 is 0 Å². The Morgan fingerprint density at radius 3 is 1.29 bits per heavy atom. The van der Waals surface area contributed by atoms with Crippen LogP contribution in [0.4, 0.5) is 0 Å². The highest BCUT2D eigenvalue weighted by molar-refractivity contribution is 6.41. The van der Waals surface area contributed by atoms with Crippen LogP contribution in [-0.4, -0.2) is 38.1 Å². The Kier molecular flexibility index (Phi) is 13.1. The predicted octanol–water partition coefficient (Wildman–Crippen LogP) is -2.92. The van der Waals surface area contributed by atoms with Gasteiger partial charge in [-0.05, 0) is 44.6 Å². The molecule has 0 aromatic heterocycles. The molecule has 6 nitrogen and oxygen atoms in total. The number of piperidine rings is 2. The van der Waals surface area contributed by atoms with Gasteiger partial charge in [0.2, 0.25) is 0 Å². The van der Waals surface area contributed by atoms with Gasteiger partial charge < -0.3 is 30.4 Å². The van der Waals surface area contributed by atoms with Crippen LogP contribution in [0.3, 0.4) is 0 Å². The van der Waals surface area contributed by atoms with Gasteiger partial charge in [-0.3, -0.25) is 0 Å². The maximum absolute atomic E-state index is 9.63. The molecule has 0 saturated carbocycles. The van der Waals surface area contributed by atoms with E-state index in [4.69, 9.17) is 11.6 Å². The Bertz CT molecular complexity index is 292. The summed E-state index contributed by atoms with van der Waals surface area (Å²) >= 11 is 4.79. The Morgan fingerprint density at radius 2 is 1.19 bits per heavy atom. The first-order chi connectivity index (χ1) is 10.0. The third kappa shape index (κ3) is 15.1. The van der Waals surface area contributed by atoms with Gasteiger partial charge in [-0.15, -0.1) is 0 Å². The minimum Gasteiger partial charge on any atom is -0.545 e. The average molecular weight is 321 g/mol. The maximum Gasteiger partial charge on any atom is 0.0830 e. The molecule has 0 aromatic rings. The molecule has 0 spiro atoms. The van der Waals surface area contributed by atoms with Crippen LogP contribution in [-0.2, 0) is 9.59 Å². The Labute approximate surface area is 130 Å². The molecule has 0 atom stereocenters. The summed E-state index contributed by atoms with van der Waals surface area (Å²) in [7, 11) is 0. The van der Waals surface area contributed by atoms with E-state index in [1.54, 1.807) is 0 Å². The number of hydrogen-bond acceptors (Lipinski definition) is 4. The molecule has 21 heavy (non-hydrogen) atoms. The van der Waals surface area contributed by atoms with Crippen LogP contribution in [0, 0.1) is 0 Å². The lowest BCUT2D eigenvalue weighted by atomic mass is 10.2. The summed E-state index contributed by atoms with van der Waals surface area (Å²) in [4.78, 5) is 19.2. The van der Waals surface area contributed by atoms with E-state index in [2.05, 4.69) is 10.6 Å². The van der Waals surface area contributed by atoms with Crippen LogP contribution < -0.4 is 20.8 Å². The van der Waals surface area contributed by atoms with Crippen molar-refractivity contribution in [2.75, 3.05) is 26.2 Å². The summed E-state index contributed by atoms with van der Waals surface area (Å²) in [6.07, 6.45) is 8.95. The van der Waals surface area contributed by atoms with Crippen LogP contribution in [0.15, 0.2) is 11.1 Å². The Balaban J connectivity index is 0.000000293. The molecule has 7 heteroatoms. The zero-order valence-corrected chi connectivity index (χ0v) is 13.1.